The van der Waals surface area contributed by atoms with Crippen molar-refractivity contribution >= 4 is 15.4 Å². The standard InChI is InChI=1S/C16H22O3S/c1-14(15-7-3-2-4-8-15)13-19-11-5-9-16-10-6-12-20(16,17)18/h2-4,7-8,13,16H,5-6,9-12H2,1H3/b14-13-. The van der Waals surface area contributed by atoms with Crippen LogP contribution in [0.3, 0.4) is 0 Å². The van der Waals surface area contributed by atoms with Crippen molar-refractivity contribution in [3.8, 4) is 0 Å². The molecule has 1 saturated heterocycles. The average Bonchev–Trinajstić information content (AvgIpc) is 2.78. The Balaban J connectivity index is 1.72. The molecule has 1 aliphatic rings. The van der Waals surface area contributed by atoms with Crippen LogP contribution in [0.4, 0.5) is 0 Å². The predicted molar refractivity (Wildman–Crippen MR) is 82.1 cm³/mol. The van der Waals surface area contributed by atoms with Crippen molar-refractivity contribution in [1.82, 2.24) is 0 Å². The molecule has 0 N–H and O–H groups in total. The van der Waals surface area contributed by atoms with Gasteiger partial charge in [0.15, 0.2) is 9.84 Å². The van der Waals surface area contributed by atoms with Crippen molar-refractivity contribution in [2.45, 2.75) is 37.9 Å². The zero-order valence-corrected chi connectivity index (χ0v) is 12.7. The lowest BCUT2D eigenvalue weighted by Gasteiger charge is -2.09. The minimum Gasteiger partial charge on any atom is -0.501 e. The third kappa shape index (κ3) is 4.10. The summed E-state index contributed by atoms with van der Waals surface area (Å²) in [6.45, 7) is 2.59. The molecule has 0 bridgehead atoms. The van der Waals surface area contributed by atoms with Crippen LogP contribution in [0.5, 0.6) is 0 Å². The molecule has 1 atom stereocenters. The molecule has 4 heteroatoms. The van der Waals surface area contributed by atoms with E-state index in [0.29, 0.717) is 12.4 Å². The largest absolute Gasteiger partial charge is 0.501 e. The van der Waals surface area contributed by atoms with Gasteiger partial charge in [-0.2, -0.15) is 0 Å². The number of benzene rings is 1. The summed E-state index contributed by atoms with van der Waals surface area (Å²) in [4.78, 5) is 0. The molecule has 1 heterocycles. The molecular formula is C16H22O3S. The van der Waals surface area contributed by atoms with Gasteiger partial charge in [-0.05, 0) is 43.7 Å². The second kappa shape index (κ2) is 6.93. The normalized spacial score (nSPS) is 21.9. The fourth-order valence-corrected chi connectivity index (χ4v) is 4.48. The fourth-order valence-electron chi connectivity index (χ4n) is 2.53. The van der Waals surface area contributed by atoms with Gasteiger partial charge in [-0.1, -0.05) is 30.3 Å². The summed E-state index contributed by atoms with van der Waals surface area (Å²) in [6.07, 6.45) is 4.92. The second-order valence-corrected chi connectivity index (χ2v) is 7.71. The first-order valence-corrected chi connectivity index (χ1v) is 8.86. The molecular weight excluding hydrogens is 272 g/mol. The molecule has 0 spiro atoms. The summed E-state index contributed by atoms with van der Waals surface area (Å²) in [5.74, 6) is 0.367. The quantitative estimate of drug-likeness (QED) is 0.596. The van der Waals surface area contributed by atoms with Crippen LogP contribution in [0, 0.1) is 0 Å². The number of allylic oxidation sites excluding steroid dienone is 1. The van der Waals surface area contributed by atoms with E-state index in [1.807, 2.05) is 37.3 Å². The van der Waals surface area contributed by atoms with Crippen molar-refractivity contribution < 1.29 is 13.2 Å². The number of sulfone groups is 1. The van der Waals surface area contributed by atoms with Crippen molar-refractivity contribution in [2.24, 2.45) is 0 Å². The highest BCUT2D eigenvalue weighted by atomic mass is 32.2. The Morgan fingerprint density at radius 2 is 2.10 bits per heavy atom. The molecule has 110 valence electrons. The van der Waals surface area contributed by atoms with E-state index >= 15 is 0 Å². The van der Waals surface area contributed by atoms with E-state index in [1.165, 1.54) is 0 Å². The Labute approximate surface area is 121 Å². The molecule has 0 amide bonds. The minimum absolute atomic E-state index is 0.134. The van der Waals surface area contributed by atoms with Crippen LogP contribution in [-0.4, -0.2) is 26.0 Å². The van der Waals surface area contributed by atoms with E-state index in [1.54, 1.807) is 6.26 Å². The third-order valence-corrected chi connectivity index (χ3v) is 6.09. The topological polar surface area (TPSA) is 43.4 Å². The molecule has 1 aromatic rings. The summed E-state index contributed by atoms with van der Waals surface area (Å²) in [6, 6.07) is 10.1. The molecule has 0 aliphatic carbocycles. The van der Waals surface area contributed by atoms with E-state index < -0.39 is 9.84 Å². The van der Waals surface area contributed by atoms with Crippen molar-refractivity contribution in [2.75, 3.05) is 12.4 Å². The molecule has 1 aliphatic heterocycles. The van der Waals surface area contributed by atoms with E-state index in [0.717, 1.165) is 36.8 Å². The van der Waals surface area contributed by atoms with E-state index in [2.05, 4.69) is 0 Å². The molecule has 0 aromatic heterocycles. The van der Waals surface area contributed by atoms with Crippen LogP contribution in [0.2, 0.25) is 0 Å². The highest BCUT2D eigenvalue weighted by Crippen LogP contribution is 2.23. The average molecular weight is 294 g/mol. The predicted octanol–water partition coefficient (Wildman–Crippen LogP) is 3.42. The maximum atomic E-state index is 11.7. The van der Waals surface area contributed by atoms with Crippen molar-refractivity contribution in [1.29, 1.82) is 0 Å². The first-order valence-electron chi connectivity index (χ1n) is 7.15. The van der Waals surface area contributed by atoms with Gasteiger partial charge >= 0.3 is 0 Å². The molecule has 1 aromatic carbocycles. The highest BCUT2D eigenvalue weighted by molar-refractivity contribution is 7.92. The highest BCUT2D eigenvalue weighted by Gasteiger charge is 2.30. The summed E-state index contributed by atoms with van der Waals surface area (Å²) < 4.78 is 28.9. The van der Waals surface area contributed by atoms with E-state index in [4.69, 9.17) is 4.74 Å². The summed E-state index contributed by atoms with van der Waals surface area (Å²) in [5, 5.41) is -0.134. The molecule has 0 saturated carbocycles. The van der Waals surface area contributed by atoms with Crippen LogP contribution >= 0.6 is 0 Å². The van der Waals surface area contributed by atoms with Gasteiger partial charge in [0.1, 0.15) is 0 Å². The zero-order chi connectivity index (χ0) is 14.4. The lowest BCUT2D eigenvalue weighted by Crippen LogP contribution is -2.16. The van der Waals surface area contributed by atoms with Crippen LogP contribution in [-0.2, 0) is 14.6 Å². The summed E-state index contributed by atoms with van der Waals surface area (Å²) in [7, 11) is -2.80. The SMILES string of the molecule is C/C(=C/OCCCC1CCCS1(=O)=O)c1ccccc1. The second-order valence-electron chi connectivity index (χ2n) is 5.31. The Bertz CT molecular complexity index is 546. The van der Waals surface area contributed by atoms with Crippen LogP contribution in [0.15, 0.2) is 36.6 Å². The van der Waals surface area contributed by atoms with Gasteiger partial charge in [-0.25, -0.2) is 8.42 Å². The van der Waals surface area contributed by atoms with Crippen LogP contribution in [0.1, 0.15) is 38.2 Å². The zero-order valence-electron chi connectivity index (χ0n) is 11.9. The molecule has 1 fully saturated rings. The van der Waals surface area contributed by atoms with Crippen LogP contribution in [0.25, 0.3) is 5.57 Å². The number of hydrogen-bond acceptors (Lipinski definition) is 3. The number of rotatable bonds is 6. The smallest absolute Gasteiger partial charge is 0.153 e. The van der Waals surface area contributed by atoms with Gasteiger partial charge < -0.3 is 4.74 Å². The third-order valence-electron chi connectivity index (χ3n) is 3.74. The van der Waals surface area contributed by atoms with Gasteiger partial charge in [-0.15, -0.1) is 0 Å². The minimum atomic E-state index is -2.80. The van der Waals surface area contributed by atoms with Gasteiger partial charge in [-0.3, -0.25) is 0 Å². The molecule has 3 nitrogen and oxygen atoms in total. The van der Waals surface area contributed by atoms with E-state index in [-0.39, 0.29) is 5.25 Å². The Morgan fingerprint density at radius 3 is 2.75 bits per heavy atom. The number of ether oxygens (including phenoxy) is 1. The Morgan fingerprint density at radius 1 is 1.35 bits per heavy atom. The van der Waals surface area contributed by atoms with Crippen molar-refractivity contribution in [3.63, 3.8) is 0 Å². The summed E-state index contributed by atoms with van der Waals surface area (Å²) >= 11 is 0. The monoisotopic (exact) mass is 294 g/mol. The van der Waals surface area contributed by atoms with Crippen molar-refractivity contribution in [3.05, 3.63) is 42.2 Å². The molecule has 2 rings (SSSR count). The van der Waals surface area contributed by atoms with Crippen LogP contribution < -0.4 is 0 Å². The Hall–Kier alpha value is -1.29. The lowest BCUT2D eigenvalue weighted by molar-refractivity contribution is 0.242. The van der Waals surface area contributed by atoms with Gasteiger partial charge in [0.25, 0.3) is 0 Å². The molecule has 0 radical (unpaired) electrons. The molecule has 20 heavy (non-hydrogen) atoms. The molecule has 1 unspecified atom stereocenters. The maximum Gasteiger partial charge on any atom is 0.153 e. The first kappa shape index (κ1) is 15.1. The van der Waals surface area contributed by atoms with Gasteiger partial charge in [0, 0.05) is 0 Å². The lowest BCUT2D eigenvalue weighted by atomic mass is 10.1. The summed E-state index contributed by atoms with van der Waals surface area (Å²) in [5.41, 5.74) is 2.23. The van der Waals surface area contributed by atoms with Gasteiger partial charge in [0.2, 0.25) is 0 Å². The maximum absolute atomic E-state index is 11.7. The fraction of sp³-hybridized carbons (Fsp3) is 0.500. The number of hydrogen-bond donors (Lipinski definition) is 0. The van der Waals surface area contributed by atoms with Gasteiger partial charge in [0.05, 0.1) is 23.9 Å². The first-order chi connectivity index (χ1) is 9.59. The van der Waals surface area contributed by atoms with E-state index in [9.17, 15) is 8.42 Å². The Kier molecular flexibility index (Phi) is 5.24.